The smallest absolute Gasteiger partial charge is 0.207 e. The molecule has 20 heavy (non-hydrogen) atoms. The lowest BCUT2D eigenvalue weighted by Gasteiger charge is -2.40. The van der Waals surface area contributed by atoms with E-state index in [-0.39, 0.29) is 0 Å². The van der Waals surface area contributed by atoms with Crippen molar-refractivity contribution in [2.45, 2.75) is 43.9 Å². The zero-order chi connectivity index (χ0) is 14.2. The number of benzene rings is 1. The van der Waals surface area contributed by atoms with Gasteiger partial charge in [-0.05, 0) is 43.2 Å². The van der Waals surface area contributed by atoms with Gasteiger partial charge in [0, 0.05) is 13.1 Å². The van der Waals surface area contributed by atoms with Crippen molar-refractivity contribution in [1.29, 1.82) is 0 Å². The van der Waals surface area contributed by atoms with Gasteiger partial charge in [-0.2, -0.15) is 4.31 Å². The maximum Gasteiger partial charge on any atom is 0.243 e. The van der Waals surface area contributed by atoms with Crippen LogP contribution in [0.5, 0.6) is 0 Å². The Balaban J connectivity index is 1.84. The van der Waals surface area contributed by atoms with Crippen LogP contribution in [0.15, 0.2) is 29.2 Å². The van der Waals surface area contributed by atoms with Gasteiger partial charge in [0.1, 0.15) is 0 Å². The zero-order valence-electron chi connectivity index (χ0n) is 12.1. The number of nitrogens with zero attached hydrogens (tertiary/aromatic N) is 1. The molecule has 110 valence electrons. The second kappa shape index (κ2) is 5.49. The third kappa shape index (κ3) is 2.51. The van der Waals surface area contributed by atoms with E-state index in [1.807, 2.05) is 25.1 Å². The predicted octanol–water partition coefficient (Wildman–Crippen LogP) is 3.20. The van der Waals surface area contributed by atoms with Crippen LogP contribution in [0.4, 0.5) is 0 Å². The molecule has 0 radical (unpaired) electrons. The largest absolute Gasteiger partial charge is 0.243 e. The summed E-state index contributed by atoms with van der Waals surface area (Å²) in [7, 11) is -3.31. The Labute approximate surface area is 122 Å². The maximum atomic E-state index is 12.8. The molecule has 4 heteroatoms. The topological polar surface area (TPSA) is 37.4 Å². The molecule has 3 nitrogen and oxygen atoms in total. The summed E-state index contributed by atoms with van der Waals surface area (Å²) in [5.74, 6) is 1.34. The second-order valence-electron chi connectivity index (χ2n) is 6.22. The molecule has 2 unspecified atom stereocenters. The third-order valence-corrected chi connectivity index (χ3v) is 6.99. The fourth-order valence-electron chi connectivity index (χ4n) is 3.77. The van der Waals surface area contributed by atoms with Crippen molar-refractivity contribution in [3.63, 3.8) is 0 Å². The van der Waals surface area contributed by atoms with Crippen LogP contribution in [0.25, 0.3) is 0 Å². The van der Waals surface area contributed by atoms with Crippen LogP contribution in [0.2, 0.25) is 0 Å². The lowest BCUT2D eigenvalue weighted by Crippen LogP contribution is -2.44. The van der Waals surface area contributed by atoms with Crippen LogP contribution in [0.1, 0.15) is 37.7 Å². The van der Waals surface area contributed by atoms with Gasteiger partial charge in [0.15, 0.2) is 0 Å². The Morgan fingerprint density at radius 3 is 2.50 bits per heavy atom. The lowest BCUT2D eigenvalue weighted by molar-refractivity contribution is 0.136. The van der Waals surface area contributed by atoms with Crippen LogP contribution in [0.3, 0.4) is 0 Å². The highest BCUT2D eigenvalue weighted by atomic mass is 32.2. The van der Waals surface area contributed by atoms with Gasteiger partial charge >= 0.3 is 0 Å². The minimum absolute atomic E-state index is 0.481. The van der Waals surface area contributed by atoms with Crippen molar-refractivity contribution >= 4 is 10.0 Å². The van der Waals surface area contributed by atoms with E-state index in [1.54, 1.807) is 10.4 Å². The summed E-state index contributed by atoms with van der Waals surface area (Å²) in [5, 5.41) is 0. The van der Waals surface area contributed by atoms with Gasteiger partial charge in [0.2, 0.25) is 10.0 Å². The fourth-order valence-corrected chi connectivity index (χ4v) is 5.51. The number of hydrogen-bond donors (Lipinski definition) is 0. The first-order valence-corrected chi connectivity index (χ1v) is 9.09. The van der Waals surface area contributed by atoms with Crippen molar-refractivity contribution in [2.75, 3.05) is 13.1 Å². The van der Waals surface area contributed by atoms with Crippen LogP contribution in [-0.2, 0) is 10.0 Å². The molecule has 1 heterocycles. The summed E-state index contributed by atoms with van der Waals surface area (Å²) in [4.78, 5) is 0.481. The quantitative estimate of drug-likeness (QED) is 0.839. The van der Waals surface area contributed by atoms with Crippen LogP contribution < -0.4 is 0 Å². The molecule has 2 aliphatic rings. The standard InChI is InChI=1S/C16H23NO2S/c1-13-6-2-5-9-16(13)20(18,19)17-11-10-14-7-3-4-8-15(14)12-17/h2,5-6,9,14-15H,3-4,7-8,10-12H2,1H3. The maximum absolute atomic E-state index is 12.8. The molecule has 1 aliphatic heterocycles. The summed E-state index contributed by atoms with van der Waals surface area (Å²) in [5.41, 5.74) is 0.846. The van der Waals surface area contributed by atoms with Crippen molar-refractivity contribution < 1.29 is 8.42 Å². The minimum atomic E-state index is -3.31. The number of hydrogen-bond acceptors (Lipinski definition) is 2. The van der Waals surface area contributed by atoms with Crippen LogP contribution in [0, 0.1) is 18.8 Å². The van der Waals surface area contributed by atoms with E-state index in [2.05, 4.69) is 0 Å². The second-order valence-corrected chi connectivity index (χ2v) is 8.13. The van der Waals surface area contributed by atoms with E-state index in [0.29, 0.717) is 17.4 Å². The summed E-state index contributed by atoms with van der Waals surface area (Å²) < 4.78 is 27.3. The van der Waals surface area contributed by atoms with Gasteiger partial charge in [-0.3, -0.25) is 0 Å². The average Bonchev–Trinajstić information content (AvgIpc) is 2.47. The average molecular weight is 293 g/mol. The van der Waals surface area contributed by atoms with E-state index in [9.17, 15) is 8.42 Å². The molecule has 1 aliphatic carbocycles. The number of aryl methyl sites for hydroxylation is 1. The minimum Gasteiger partial charge on any atom is -0.207 e. The number of fused-ring (bicyclic) bond motifs is 1. The molecule has 1 saturated heterocycles. The van der Waals surface area contributed by atoms with E-state index < -0.39 is 10.0 Å². The van der Waals surface area contributed by atoms with Crippen molar-refractivity contribution in [2.24, 2.45) is 11.8 Å². The summed E-state index contributed by atoms with van der Waals surface area (Å²) in [6.07, 6.45) is 6.12. The van der Waals surface area contributed by atoms with Gasteiger partial charge in [-0.15, -0.1) is 0 Å². The highest BCUT2D eigenvalue weighted by Gasteiger charge is 2.36. The molecular weight excluding hydrogens is 270 g/mol. The molecule has 2 fully saturated rings. The number of rotatable bonds is 2. The first-order valence-electron chi connectivity index (χ1n) is 7.65. The number of sulfonamides is 1. The molecule has 1 saturated carbocycles. The molecular formula is C16H23NO2S. The lowest BCUT2D eigenvalue weighted by atomic mass is 9.76. The van der Waals surface area contributed by atoms with E-state index in [4.69, 9.17) is 0 Å². The Hall–Kier alpha value is -0.870. The van der Waals surface area contributed by atoms with Gasteiger partial charge < -0.3 is 0 Å². The summed E-state index contributed by atoms with van der Waals surface area (Å²) in [6, 6.07) is 7.31. The van der Waals surface area contributed by atoms with Crippen molar-refractivity contribution in [1.82, 2.24) is 4.31 Å². The molecule has 1 aromatic carbocycles. The number of piperidine rings is 1. The molecule has 0 aromatic heterocycles. The Morgan fingerprint density at radius 2 is 1.75 bits per heavy atom. The van der Waals surface area contributed by atoms with Gasteiger partial charge in [-0.1, -0.05) is 37.5 Å². The summed E-state index contributed by atoms with van der Waals surface area (Å²) >= 11 is 0. The highest BCUT2D eigenvalue weighted by molar-refractivity contribution is 7.89. The molecule has 0 bridgehead atoms. The molecule has 1 aromatic rings. The molecule has 3 rings (SSSR count). The van der Waals surface area contributed by atoms with Gasteiger partial charge in [-0.25, -0.2) is 8.42 Å². The van der Waals surface area contributed by atoms with E-state index in [0.717, 1.165) is 24.4 Å². The third-order valence-electron chi connectivity index (χ3n) is 4.97. The Morgan fingerprint density at radius 1 is 1.05 bits per heavy atom. The first kappa shape index (κ1) is 14.1. The molecule has 0 amide bonds. The fraction of sp³-hybridized carbons (Fsp3) is 0.625. The predicted molar refractivity (Wildman–Crippen MR) is 80.0 cm³/mol. The normalized spacial score (nSPS) is 28.1. The molecule has 0 spiro atoms. The highest BCUT2D eigenvalue weighted by Crippen LogP contribution is 2.37. The van der Waals surface area contributed by atoms with Gasteiger partial charge in [0.05, 0.1) is 4.90 Å². The van der Waals surface area contributed by atoms with Crippen LogP contribution in [-0.4, -0.2) is 25.8 Å². The van der Waals surface area contributed by atoms with Crippen molar-refractivity contribution in [3.05, 3.63) is 29.8 Å². The molecule has 2 atom stereocenters. The molecule has 0 N–H and O–H groups in total. The van der Waals surface area contributed by atoms with E-state index in [1.165, 1.54) is 25.7 Å². The zero-order valence-corrected chi connectivity index (χ0v) is 12.9. The van der Waals surface area contributed by atoms with Crippen LogP contribution >= 0.6 is 0 Å². The summed E-state index contributed by atoms with van der Waals surface area (Å²) in [6.45, 7) is 3.29. The Kier molecular flexibility index (Phi) is 3.87. The SMILES string of the molecule is Cc1ccccc1S(=O)(=O)N1CCC2CCCCC2C1. The van der Waals surface area contributed by atoms with Crippen molar-refractivity contribution in [3.8, 4) is 0 Å². The first-order chi connectivity index (χ1) is 9.59. The van der Waals surface area contributed by atoms with Gasteiger partial charge in [0.25, 0.3) is 0 Å². The van der Waals surface area contributed by atoms with E-state index >= 15 is 0 Å². The Bertz CT molecular complexity index is 582. The monoisotopic (exact) mass is 293 g/mol.